The molecule has 0 aliphatic carbocycles. The highest BCUT2D eigenvalue weighted by molar-refractivity contribution is 8.13. The maximum absolute atomic E-state index is 11.0. The molecule has 8 heteroatoms. The first kappa shape index (κ1) is 16.3. The van der Waals surface area contributed by atoms with Crippen molar-refractivity contribution < 1.29 is 19.9 Å². The van der Waals surface area contributed by atoms with Crippen molar-refractivity contribution in [3.05, 3.63) is 46.1 Å². The monoisotopic (exact) mass is 322 g/mol. The normalized spacial score (nSPS) is 13.8. The Bertz CT molecular complexity index is 721. The van der Waals surface area contributed by atoms with Gasteiger partial charge in [0.2, 0.25) is 0 Å². The van der Waals surface area contributed by atoms with Crippen LogP contribution in [0.4, 0.5) is 5.69 Å². The first-order valence-corrected chi connectivity index (χ1v) is 7.42. The number of nitro benzene ring substituents is 1. The lowest BCUT2D eigenvalue weighted by molar-refractivity contribution is -0.383. The lowest BCUT2D eigenvalue weighted by atomic mass is 10.0. The molecule has 2 unspecified atom stereocenters. The molecule has 7 nitrogen and oxygen atoms in total. The quantitative estimate of drug-likeness (QED) is 0.637. The molecule has 2 aromatic rings. The predicted octanol–water partition coefficient (Wildman–Crippen LogP) is 1.82. The number of rotatable bonds is 5. The van der Waals surface area contributed by atoms with Crippen molar-refractivity contribution in [3.8, 4) is 0 Å². The largest absolute Gasteiger partial charge is 0.389 e. The van der Waals surface area contributed by atoms with Crippen molar-refractivity contribution in [2.24, 2.45) is 0 Å². The molecule has 116 valence electrons. The summed E-state index contributed by atoms with van der Waals surface area (Å²) in [6, 6.07) is 5.74. The number of pyridine rings is 1. The fourth-order valence-electron chi connectivity index (χ4n) is 2.08. The summed E-state index contributed by atoms with van der Waals surface area (Å²) in [4.78, 5) is 25.5. The van der Waals surface area contributed by atoms with Crippen LogP contribution in [0.25, 0.3) is 10.9 Å². The van der Waals surface area contributed by atoms with Crippen molar-refractivity contribution in [1.29, 1.82) is 0 Å². The van der Waals surface area contributed by atoms with E-state index in [2.05, 4.69) is 4.98 Å². The minimum absolute atomic E-state index is 0.0296. The van der Waals surface area contributed by atoms with Crippen LogP contribution in [-0.2, 0) is 4.79 Å². The summed E-state index contributed by atoms with van der Waals surface area (Å²) in [5.74, 6) is 0.0296. The van der Waals surface area contributed by atoms with Gasteiger partial charge in [-0.1, -0.05) is 11.8 Å². The molecule has 0 aliphatic rings. The molecule has 1 aromatic carbocycles. The molecule has 2 atom stereocenters. The van der Waals surface area contributed by atoms with E-state index in [9.17, 15) is 25.1 Å². The number of benzene rings is 1. The number of fused-ring (bicyclic) bond motifs is 1. The Kier molecular flexibility index (Phi) is 5.07. The molecule has 0 aliphatic heterocycles. The van der Waals surface area contributed by atoms with Gasteiger partial charge in [-0.05, 0) is 18.2 Å². The molecular formula is C14H14N2O5S. The van der Waals surface area contributed by atoms with E-state index in [1.54, 1.807) is 6.07 Å². The zero-order valence-electron chi connectivity index (χ0n) is 11.7. The molecule has 0 saturated heterocycles. The van der Waals surface area contributed by atoms with Gasteiger partial charge in [0.05, 0.1) is 21.9 Å². The number of hydrogen-bond donors (Lipinski definition) is 2. The standard InChI is InChI=1S/C14H14N2O5S/c1-8(17)22-7-12(18)14(19)10-4-5-11(16(20)21)9-3-2-6-15-13(9)10/h2-6,12,14,18-19H,7H2,1H3. The average molecular weight is 322 g/mol. The van der Waals surface area contributed by atoms with Gasteiger partial charge in [-0.15, -0.1) is 0 Å². The Morgan fingerprint density at radius 3 is 2.77 bits per heavy atom. The number of carbonyl (C=O) groups is 1. The van der Waals surface area contributed by atoms with Crippen molar-refractivity contribution in [2.45, 2.75) is 19.1 Å². The number of thioether (sulfide) groups is 1. The lowest BCUT2D eigenvalue weighted by Crippen LogP contribution is -2.21. The van der Waals surface area contributed by atoms with Crippen LogP contribution in [0.2, 0.25) is 0 Å². The van der Waals surface area contributed by atoms with Gasteiger partial charge in [-0.2, -0.15) is 0 Å². The number of non-ortho nitro benzene ring substituents is 1. The Labute approximate surface area is 130 Å². The highest BCUT2D eigenvalue weighted by atomic mass is 32.2. The van der Waals surface area contributed by atoms with Gasteiger partial charge in [0, 0.05) is 30.5 Å². The second kappa shape index (κ2) is 6.82. The smallest absolute Gasteiger partial charge is 0.278 e. The topological polar surface area (TPSA) is 114 Å². The molecule has 0 saturated carbocycles. The Morgan fingerprint density at radius 2 is 2.14 bits per heavy atom. The van der Waals surface area contributed by atoms with Crippen molar-refractivity contribution in [1.82, 2.24) is 4.98 Å². The van der Waals surface area contributed by atoms with Crippen LogP contribution in [0.3, 0.4) is 0 Å². The van der Waals surface area contributed by atoms with Crippen LogP contribution in [0, 0.1) is 10.1 Å². The highest BCUT2D eigenvalue weighted by Crippen LogP contribution is 2.31. The number of hydrogen-bond acceptors (Lipinski definition) is 7. The summed E-state index contributed by atoms with van der Waals surface area (Å²) in [6.07, 6.45) is -1.01. The summed E-state index contributed by atoms with van der Waals surface area (Å²) >= 11 is 0.898. The van der Waals surface area contributed by atoms with E-state index in [1.807, 2.05) is 0 Å². The van der Waals surface area contributed by atoms with Crippen molar-refractivity contribution in [3.63, 3.8) is 0 Å². The second-order valence-electron chi connectivity index (χ2n) is 4.65. The number of aliphatic hydroxyl groups excluding tert-OH is 2. The number of nitro groups is 1. The van der Waals surface area contributed by atoms with Gasteiger partial charge in [0.25, 0.3) is 5.69 Å². The molecule has 22 heavy (non-hydrogen) atoms. The number of aliphatic hydroxyl groups is 2. The highest BCUT2D eigenvalue weighted by Gasteiger charge is 2.24. The number of nitrogens with zero attached hydrogens (tertiary/aromatic N) is 2. The van der Waals surface area contributed by atoms with Gasteiger partial charge in [0.15, 0.2) is 5.12 Å². The van der Waals surface area contributed by atoms with E-state index in [1.165, 1.54) is 31.3 Å². The molecule has 0 spiro atoms. The number of aromatic nitrogens is 1. The molecule has 0 bridgehead atoms. The molecule has 0 fully saturated rings. The van der Waals surface area contributed by atoms with Gasteiger partial charge < -0.3 is 10.2 Å². The summed E-state index contributed by atoms with van der Waals surface area (Å²) in [5.41, 5.74) is 0.431. The van der Waals surface area contributed by atoms with Crippen LogP contribution < -0.4 is 0 Å². The van der Waals surface area contributed by atoms with E-state index in [0.717, 1.165) is 11.8 Å². The van der Waals surface area contributed by atoms with Crippen LogP contribution in [0.5, 0.6) is 0 Å². The van der Waals surface area contributed by atoms with Gasteiger partial charge in [0.1, 0.15) is 6.10 Å². The third kappa shape index (κ3) is 3.41. The van der Waals surface area contributed by atoms with E-state index in [0.29, 0.717) is 0 Å². The van der Waals surface area contributed by atoms with Crippen molar-refractivity contribution >= 4 is 33.5 Å². The first-order valence-electron chi connectivity index (χ1n) is 6.43. The average Bonchev–Trinajstić information content (AvgIpc) is 2.50. The minimum atomic E-state index is -1.29. The fraction of sp³-hybridized carbons (Fsp3) is 0.286. The summed E-state index contributed by atoms with van der Waals surface area (Å²) < 4.78 is 0. The fourth-order valence-corrected chi connectivity index (χ4v) is 2.67. The van der Waals surface area contributed by atoms with E-state index >= 15 is 0 Å². The molecule has 2 rings (SSSR count). The lowest BCUT2D eigenvalue weighted by Gasteiger charge is -2.18. The van der Waals surface area contributed by atoms with E-state index < -0.39 is 17.1 Å². The van der Waals surface area contributed by atoms with Gasteiger partial charge in [-0.25, -0.2) is 0 Å². The van der Waals surface area contributed by atoms with Crippen LogP contribution in [0.1, 0.15) is 18.6 Å². The molecule has 0 amide bonds. The SMILES string of the molecule is CC(=O)SCC(O)C(O)c1ccc([N+](=O)[O-])c2cccnc12. The zero-order valence-corrected chi connectivity index (χ0v) is 12.5. The van der Waals surface area contributed by atoms with Crippen LogP contribution >= 0.6 is 11.8 Å². The molecule has 1 aromatic heterocycles. The van der Waals surface area contributed by atoms with Gasteiger partial charge >= 0.3 is 0 Å². The predicted molar refractivity (Wildman–Crippen MR) is 82.5 cm³/mol. The van der Waals surface area contributed by atoms with E-state index in [4.69, 9.17) is 0 Å². The third-order valence-electron chi connectivity index (χ3n) is 3.12. The molecular weight excluding hydrogens is 308 g/mol. The summed E-state index contributed by atoms with van der Waals surface area (Å²) in [7, 11) is 0. The number of carbonyl (C=O) groups excluding carboxylic acids is 1. The van der Waals surface area contributed by atoms with Gasteiger partial charge in [-0.3, -0.25) is 19.9 Å². The Balaban J connectivity index is 2.41. The van der Waals surface area contributed by atoms with Crippen LogP contribution in [-0.4, -0.2) is 37.1 Å². The van der Waals surface area contributed by atoms with Crippen molar-refractivity contribution in [2.75, 3.05) is 5.75 Å². The maximum atomic E-state index is 11.0. The zero-order chi connectivity index (χ0) is 16.3. The summed E-state index contributed by atoms with van der Waals surface area (Å²) in [5, 5.41) is 31.4. The molecule has 0 radical (unpaired) electrons. The molecule has 2 N–H and O–H groups in total. The maximum Gasteiger partial charge on any atom is 0.278 e. The minimum Gasteiger partial charge on any atom is -0.389 e. The van der Waals surface area contributed by atoms with E-state index in [-0.39, 0.29) is 33.0 Å². The Hall–Kier alpha value is -2.03. The first-order chi connectivity index (χ1) is 10.4. The Morgan fingerprint density at radius 1 is 1.41 bits per heavy atom. The second-order valence-corrected chi connectivity index (χ2v) is 5.84. The third-order valence-corrected chi connectivity index (χ3v) is 4.03. The van der Waals surface area contributed by atoms with Crippen LogP contribution in [0.15, 0.2) is 30.5 Å². The molecule has 1 heterocycles. The summed E-state index contributed by atoms with van der Waals surface area (Å²) in [6.45, 7) is 1.37.